The first kappa shape index (κ1) is 28.2. The van der Waals surface area contributed by atoms with Crippen LogP contribution in [-0.2, 0) is 31.9 Å². The van der Waals surface area contributed by atoms with Crippen LogP contribution in [0.1, 0.15) is 24.6 Å². The molecule has 1 aliphatic rings. The zero-order valence-corrected chi connectivity index (χ0v) is 18.6. The van der Waals surface area contributed by atoms with Crippen LogP contribution in [0.5, 0.6) is 0 Å². The molecule has 2 atom stereocenters. The lowest BCUT2D eigenvalue weighted by atomic mass is 10.2. The van der Waals surface area contributed by atoms with Crippen molar-refractivity contribution in [3.8, 4) is 0 Å². The Morgan fingerprint density at radius 2 is 1.75 bits per heavy atom. The fourth-order valence-corrected chi connectivity index (χ4v) is 4.78. The van der Waals surface area contributed by atoms with Crippen LogP contribution in [0.25, 0.3) is 10.4 Å². The second-order valence-corrected chi connectivity index (χ2v) is 10.1. The number of aromatic nitrogens is 2. The van der Waals surface area contributed by atoms with E-state index in [4.69, 9.17) is 34.7 Å². The summed E-state index contributed by atoms with van der Waals surface area (Å²) in [5, 5.41) is 2.96. The number of rotatable bonds is 8. The Morgan fingerprint density at radius 3 is 2.25 bits per heavy atom. The summed E-state index contributed by atoms with van der Waals surface area (Å²) in [6.45, 7) is 1.75. The van der Waals surface area contributed by atoms with Crippen molar-refractivity contribution >= 4 is 23.5 Å². The molecule has 1 aromatic heterocycles. The van der Waals surface area contributed by atoms with Crippen molar-refractivity contribution in [1.29, 1.82) is 0 Å². The third-order valence-corrected chi connectivity index (χ3v) is 6.67. The van der Waals surface area contributed by atoms with Gasteiger partial charge in [0, 0.05) is 16.7 Å². The standard InChI is InChI=1S/C10H13N5O4.H5O10P3/c1-6-4-15(10(17)12-9(6)16)8-3-2-7(19-8)5-18-14-13-11;1-11(2,3)9-13(7,8)10-12(4,5)6/h4,7-8H,2-3,5H2,1H3,(H,12,16,17);(H,7,8)(H2,1,2,3)(H2,4,5,6)/t7-,8+;/m0./s1. The molecule has 1 saturated heterocycles. The van der Waals surface area contributed by atoms with Gasteiger partial charge in [-0.25, -0.2) is 18.5 Å². The molecule has 0 radical (unpaired) electrons. The second-order valence-electron chi connectivity index (χ2n) is 5.85. The van der Waals surface area contributed by atoms with Crippen LogP contribution < -0.4 is 11.2 Å². The molecule has 0 amide bonds. The lowest BCUT2D eigenvalue weighted by molar-refractivity contribution is -0.0431. The molecule has 0 bridgehead atoms. The van der Waals surface area contributed by atoms with Crippen LogP contribution in [-0.4, -0.2) is 46.7 Å². The van der Waals surface area contributed by atoms with E-state index in [0.717, 1.165) is 0 Å². The molecule has 22 heteroatoms. The van der Waals surface area contributed by atoms with Crippen molar-refractivity contribution in [2.24, 2.45) is 5.28 Å². The predicted octanol–water partition coefficient (Wildman–Crippen LogP) is 0.0699. The molecule has 0 aromatic carbocycles. The van der Waals surface area contributed by atoms with Gasteiger partial charge in [-0.1, -0.05) is 0 Å². The summed E-state index contributed by atoms with van der Waals surface area (Å²) in [6.07, 6.45) is 2.09. The maximum atomic E-state index is 11.7. The summed E-state index contributed by atoms with van der Waals surface area (Å²) in [5.41, 5.74) is 7.62. The van der Waals surface area contributed by atoms with Crippen LogP contribution in [0, 0.1) is 6.92 Å². The molecular formula is C10H18N5O14P3. The molecule has 6 N–H and O–H groups in total. The van der Waals surface area contributed by atoms with E-state index in [1.165, 1.54) is 10.8 Å². The minimum atomic E-state index is -5.46. The Hall–Kier alpha value is -1.84. The van der Waals surface area contributed by atoms with Crippen molar-refractivity contribution in [3.63, 3.8) is 0 Å². The average molecular weight is 525 g/mol. The smallest absolute Gasteiger partial charge is 0.431 e. The van der Waals surface area contributed by atoms with Crippen molar-refractivity contribution in [1.82, 2.24) is 9.55 Å². The zero-order valence-electron chi connectivity index (χ0n) is 15.9. The molecule has 0 aliphatic carbocycles. The van der Waals surface area contributed by atoms with Crippen molar-refractivity contribution in [3.05, 3.63) is 43.0 Å². The van der Waals surface area contributed by atoms with E-state index in [2.05, 4.69) is 28.6 Å². The van der Waals surface area contributed by atoms with Crippen LogP contribution >= 0.6 is 23.5 Å². The van der Waals surface area contributed by atoms with E-state index in [9.17, 15) is 23.3 Å². The van der Waals surface area contributed by atoms with Gasteiger partial charge in [0.2, 0.25) is 0 Å². The van der Waals surface area contributed by atoms with Crippen LogP contribution in [0.4, 0.5) is 0 Å². The van der Waals surface area contributed by atoms with E-state index in [0.29, 0.717) is 18.4 Å². The van der Waals surface area contributed by atoms with E-state index in [1.807, 2.05) is 0 Å². The number of nitrogens with one attached hydrogen (secondary N) is 1. The maximum Gasteiger partial charge on any atom is 0.490 e. The van der Waals surface area contributed by atoms with Crippen molar-refractivity contribution in [2.75, 3.05) is 6.61 Å². The Labute approximate surface area is 177 Å². The molecule has 0 saturated carbocycles. The molecule has 1 aliphatic heterocycles. The number of azide groups is 1. The zero-order chi connectivity index (χ0) is 24.7. The van der Waals surface area contributed by atoms with Crippen molar-refractivity contribution in [2.45, 2.75) is 32.1 Å². The topological polar surface area (TPSA) is 293 Å². The van der Waals surface area contributed by atoms with Gasteiger partial charge in [0.05, 0.1) is 6.10 Å². The molecule has 32 heavy (non-hydrogen) atoms. The minimum absolute atomic E-state index is 0.137. The van der Waals surface area contributed by atoms with Gasteiger partial charge >= 0.3 is 29.2 Å². The van der Waals surface area contributed by atoms with Crippen LogP contribution in [0.2, 0.25) is 0 Å². The van der Waals surface area contributed by atoms with Gasteiger partial charge in [0.15, 0.2) is 0 Å². The predicted molar refractivity (Wildman–Crippen MR) is 100 cm³/mol. The molecular weight excluding hydrogens is 507 g/mol. The summed E-state index contributed by atoms with van der Waals surface area (Å²) < 4.78 is 43.3. The second kappa shape index (κ2) is 11.3. The fourth-order valence-electron chi connectivity index (χ4n) is 2.24. The van der Waals surface area contributed by atoms with E-state index in [-0.39, 0.29) is 12.7 Å². The number of nitrogens with zero attached hydrogens (tertiary/aromatic N) is 4. The van der Waals surface area contributed by atoms with Gasteiger partial charge < -0.3 is 34.0 Å². The third-order valence-electron chi connectivity index (χ3n) is 3.32. The quantitative estimate of drug-likeness (QED) is 0.0861. The van der Waals surface area contributed by atoms with E-state index in [1.54, 1.807) is 6.92 Å². The largest absolute Gasteiger partial charge is 0.490 e. The monoisotopic (exact) mass is 525 g/mol. The first-order valence-corrected chi connectivity index (χ1v) is 12.6. The first-order valence-electron chi connectivity index (χ1n) is 8.03. The maximum absolute atomic E-state index is 11.7. The minimum Gasteiger partial charge on any atom is -0.431 e. The normalized spacial score (nSPS) is 18.9. The number of phosphoric acid groups is 3. The first-order chi connectivity index (χ1) is 14.5. The number of ether oxygens (including phenoxy) is 1. The van der Waals surface area contributed by atoms with Gasteiger partial charge in [-0.05, 0) is 25.3 Å². The van der Waals surface area contributed by atoms with Crippen molar-refractivity contribution < 1.29 is 56.4 Å². The molecule has 2 heterocycles. The highest BCUT2D eigenvalue weighted by Gasteiger charge is 2.38. The Bertz CT molecular complexity index is 1070. The number of hydrogen-bond donors (Lipinski definition) is 6. The Balaban J connectivity index is 0.000000347. The SMILES string of the molecule is Cc1cn([C@H]2CC[C@@H](CON=[N+]=[N-])O2)c(=O)[nH]c1=O.O=P(O)(O)OP(=O)(O)OP(=O)(O)O. The fraction of sp³-hybridized carbons (Fsp3) is 0.600. The number of hydrogen-bond acceptors (Lipinski definition) is 10. The van der Waals surface area contributed by atoms with E-state index < -0.39 is 40.9 Å². The van der Waals surface area contributed by atoms with Gasteiger partial charge in [0.25, 0.3) is 5.56 Å². The molecule has 0 unspecified atom stereocenters. The Kier molecular flexibility index (Phi) is 9.99. The van der Waals surface area contributed by atoms with Gasteiger partial charge in [-0.15, -0.1) is 0 Å². The summed E-state index contributed by atoms with van der Waals surface area (Å²) in [4.78, 5) is 72.5. The third kappa shape index (κ3) is 10.7. The molecule has 19 nitrogen and oxygen atoms in total. The molecule has 2 rings (SSSR count). The van der Waals surface area contributed by atoms with Crippen LogP contribution in [0.3, 0.4) is 0 Å². The van der Waals surface area contributed by atoms with Gasteiger partial charge in [0.1, 0.15) is 18.1 Å². The average Bonchev–Trinajstić information content (AvgIpc) is 3.03. The number of H-pyrrole nitrogens is 1. The molecule has 1 fully saturated rings. The number of aryl methyl sites for hydroxylation is 1. The number of aromatic amines is 1. The van der Waals surface area contributed by atoms with E-state index >= 15 is 0 Å². The Morgan fingerprint density at radius 1 is 1.19 bits per heavy atom. The molecule has 1 aromatic rings. The summed E-state index contributed by atoms with van der Waals surface area (Å²) >= 11 is 0. The molecule has 0 spiro atoms. The highest BCUT2D eigenvalue weighted by atomic mass is 31.3. The van der Waals surface area contributed by atoms with Gasteiger partial charge in [-0.3, -0.25) is 14.3 Å². The summed E-state index contributed by atoms with van der Waals surface area (Å²) in [6, 6.07) is 0. The highest BCUT2D eigenvalue weighted by Crippen LogP contribution is 2.64. The summed E-state index contributed by atoms with van der Waals surface area (Å²) in [7, 11) is -16.2. The van der Waals surface area contributed by atoms with Crippen LogP contribution in [0.15, 0.2) is 21.1 Å². The summed E-state index contributed by atoms with van der Waals surface area (Å²) in [5.74, 6) is 0. The molecule has 182 valence electrons. The lowest BCUT2D eigenvalue weighted by Crippen LogP contribution is -2.33. The van der Waals surface area contributed by atoms with Gasteiger partial charge in [-0.2, -0.15) is 8.62 Å². The highest BCUT2D eigenvalue weighted by molar-refractivity contribution is 7.66. The lowest BCUT2D eigenvalue weighted by Gasteiger charge is -2.15.